The molecule has 0 radical (unpaired) electrons. The summed E-state index contributed by atoms with van der Waals surface area (Å²) in [5.41, 5.74) is -27.6. The predicted molar refractivity (Wildman–Crippen MR) is 221 cm³/mol. The Morgan fingerprint density at radius 1 is 0.387 bits per heavy atom. The van der Waals surface area contributed by atoms with Crippen LogP contribution < -0.4 is 26.4 Å². The summed E-state index contributed by atoms with van der Waals surface area (Å²) in [6.45, 7) is 0.934. The zero-order chi connectivity index (χ0) is 56.1. The van der Waals surface area contributed by atoms with Crippen LogP contribution in [0.5, 0.6) is 0 Å². The lowest BCUT2D eigenvalue weighted by atomic mass is 9.12. The van der Waals surface area contributed by atoms with Gasteiger partial charge >= 0.3 is 49.4 Å². The smallest absolute Gasteiger partial charge is 0.249 e. The summed E-state index contributed by atoms with van der Waals surface area (Å²) in [5.74, 6) is 0.688. The predicted octanol–water partition coefficient (Wildman–Crippen LogP) is 14.3. The van der Waals surface area contributed by atoms with Gasteiger partial charge in [0.2, 0.25) is 0 Å². The minimum absolute atomic E-state index is 0.688. The van der Waals surface area contributed by atoms with Gasteiger partial charge in [0, 0.05) is 11.5 Å². The van der Waals surface area contributed by atoms with Crippen molar-refractivity contribution in [3.8, 4) is 0 Å². The maximum atomic E-state index is 14.2. The molecule has 7 rings (SSSR count). The van der Waals surface area contributed by atoms with Crippen LogP contribution in [0.1, 0.15) is 87.4 Å². The molecule has 5 aromatic carbocycles. The van der Waals surface area contributed by atoms with Crippen LogP contribution in [0.25, 0.3) is 0 Å². The molecule has 0 unspecified atom stereocenters. The number of nitrogens with zero attached hydrogens (tertiary/aromatic N) is 2. The second kappa shape index (κ2) is 20.3. The van der Waals surface area contributed by atoms with Crippen LogP contribution in [-0.4, -0.2) is 11.1 Å². The summed E-state index contributed by atoms with van der Waals surface area (Å²) in [6, 6.07) is 1.77. The lowest BCUT2D eigenvalue weighted by Crippen LogP contribution is -2.75. The van der Waals surface area contributed by atoms with Crippen molar-refractivity contribution in [2.75, 3.05) is 0 Å². The summed E-state index contributed by atoms with van der Waals surface area (Å²) in [5, 5.41) is 0. The minimum atomic E-state index is -6.13. The Kier molecular flexibility index (Phi) is 15.6. The summed E-state index contributed by atoms with van der Waals surface area (Å²) >= 11 is 0. The molecule has 1 aliphatic carbocycles. The van der Waals surface area contributed by atoms with E-state index in [2.05, 4.69) is 52.3 Å². The number of rotatable bonds is 7. The largest absolute Gasteiger partial charge is 0.416 e. The first-order valence-corrected chi connectivity index (χ1v) is 21.4. The third kappa shape index (κ3) is 13.5. The molecule has 0 spiro atoms. The summed E-state index contributed by atoms with van der Waals surface area (Å²) in [7, 11) is 0. The fraction of sp³-hybridized carbons (Fsp3) is 0.292. The lowest BCUT2D eigenvalue weighted by molar-refractivity contribution is -0.689. The van der Waals surface area contributed by atoms with Gasteiger partial charge in [-0.05, 0) is 37.1 Å². The maximum absolute atomic E-state index is 14.2. The Morgan fingerprint density at radius 3 is 0.907 bits per heavy atom. The first kappa shape index (κ1) is 57.8. The number of hydrogen-bond acceptors (Lipinski definition) is 1. The van der Waals surface area contributed by atoms with Crippen LogP contribution in [0.3, 0.4) is 0 Å². The fourth-order valence-electron chi connectivity index (χ4n) is 8.85. The highest BCUT2D eigenvalue weighted by Gasteiger charge is 2.47. The fourth-order valence-corrected chi connectivity index (χ4v) is 8.85. The van der Waals surface area contributed by atoms with Crippen LogP contribution in [-0.2, 0) is 56.0 Å². The molecule has 1 fully saturated rings. The second-order valence-electron chi connectivity index (χ2n) is 17.3. The molecule has 2 nitrogen and oxygen atoms in total. The molecule has 6 aromatic rings. The van der Waals surface area contributed by atoms with Gasteiger partial charge in [0.05, 0.1) is 50.7 Å². The summed E-state index contributed by atoms with van der Waals surface area (Å²) in [6.07, 6.45) is -43.2. The highest BCUT2D eigenvalue weighted by Crippen LogP contribution is 2.42. The van der Waals surface area contributed by atoms with Crippen molar-refractivity contribution < 1.29 is 110 Å². The average molecular weight is 1100 g/mol. The molecule has 0 N–H and O–H groups in total. The van der Waals surface area contributed by atoms with E-state index in [0.29, 0.717) is 5.92 Å². The highest BCUT2D eigenvalue weighted by atomic mass is 19.4. The van der Waals surface area contributed by atoms with Crippen LogP contribution in [0.4, 0.5) is 105 Å². The first-order valence-electron chi connectivity index (χ1n) is 21.4. The molecule has 404 valence electrons. The molecule has 0 bridgehead atoms. The molecular weight excluding hydrogens is 1070 g/mol. The molecule has 27 heteroatoms. The minimum Gasteiger partial charge on any atom is -0.249 e. The zero-order valence-electron chi connectivity index (χ0n) is 37.2. The Hall–Kier alpha value is -6.44. The van der Waals surface area contributed by atoms with Crippen molar-refractivity contribution in [3.05, 3.63) is 177 Å². The number of hydrogen-bond donors (Lipinski definition) is 0. The van der Waals surface area contributed by atoms with Crippen molar-refractivity contribution in [1.82, 2.24) is 4.98 Å². The second-order valence-corrected chi connectivity index (χ2v) is 17.3. The SMILES string of the molecule is FC(F)(F)c1cc([B-](c2cc(C(F)(F)F)cc(C(F)(F)F)c2)(c2cc(C(F)(F)F)cc(C(F)(F)F)c2)c2cc(C(F)(F)F)cc(C(F)(F)F)c2)cc(C(F)(F)F)c1.c1ccc(C[n+]2ccnc(C3CCCC3)c2)cc1. The van der Waals surface area contributed by atoms with Gasteiger partial charge in [-0.15, -0.1) is 0 Å². The van der Waals surface area contributed by atoms with Crippen molar-refractivity contribution in [2.24, 2.45) is 0 Å². The van der Waals surface area contributed by atoms with Crippen LogP contribution in [0.2, 0.25) is 0 Å². The van der Waals surface area contributed by atoms with E-state index in [9.17, 15) is 105 Å². The standard InChI is InChI=1S/C32H12BF24.C16H19N2/c34-25(35,36)13-1-14(26(37,38)39)6-21(5-13)33(22-7-15(27(40,41)42)2-16(8-22)28(43,44)45,23-9-17(29(46,47)48)3-18(10-23)30(49,50)51)24-11-19(31(52,53)54)4-20(12-24)32(55,56)57;1-2-6-14(7-3-1)12-18-11-10-17-16(13-18)15-8-4-5-9-15/h1-12H;1-3,6-7,10-11,13,15H,4-5,8-9,12H2/q-1;+1. The molecule has 1 saturated carbocycles. The lowest BCUT2D eigenvalue weighted by Gasteiger charge is -2.46. The van der Waals surface area contributed by atoms with E-state index in [1.165, 1.54) is 36.9 Å². The van der Waals surface area contributed by atoms with Crippen LogP contribution in [0, 0.1) is 0 Å². The Morgan fingerprint density at radius 2 is 0.653 bits per heavy atom. The molecule has 0 saturated heterocycles. The van der Waals surface area contributed by atoms with Gasteiger partial charge in [-0.3, -0.25) is 0 Å². The zero-order valence-corrected chi connectivity index (χ0v) is 37.2. The topological polar surface area (TPSA) is 16.8 Å². The van der Waals surface area contributed by atoms with Crippen LogP contribution >= 0.6 is 0 Å². The van der Waals surface area contributed by atoms with Gasteiger partial charge in [-0.25, -0.2) is 4.98 Å². The van der Waals surface area contributed by atoms with Gasteiger partial charge in [0.1, 0.15) is 11.8 Å². The molecule has 1 aliphatic rings. The molecule has 75 heavy (non-hydrogen) atoms. The molecule has 1 aromatic heterocycles. The Balaban J connectivity index is 0.000000421. The molecule has 0 amide bonds. The van der Waals surface area contributed by atoms with Gasteiger partial charge in [-0.1, -0.05) is 91.7 Å². The number of halogens is 24. The van der Waals surface area contributed by atoms with E-state index in [-0.39, 0.29) is 0 Å². The number of aromatic nitrogens is 2. The normalized spacial score (nSPS) is 14.7. The van der Waals surface area contributed by atoms with Crippen molar-refractivity contribution in [1.29, 1.82) is 0 Å². The first-order chi connectivity index (χ1) is 34.2. The van der Waals surface area contributed by atoms with Crippen molar-refractivity contribution in [2.45, 2.75) is 87.6 Å². The van der Waals surface area contributed by atoms with Gasteiger partial charge in [-0.2, -0.15) is 132 Å². The van der Waals surface area contributed by atoms with Gasteiger partial charge in [0.25, 0.3) is 0 Å². The third-order valence-electron chi connectivity index (χ3n) is 12.2. The van der Waals surface area contributed by atoms with E-state index >= 15 is 0 Å². The highest BCUT2D eigenvalue weighted by molar-refractivity contribution is 7.20. The van der Waals surface area contributed by atoms with E-state index in [1.54, 1.807) is 0 Å². The Labute approximate surface area is 407 Å². The monoisotopic (exact) mass is 1100 g/mol. The van der Waals surface area contributed by atoms with Crippen molar-refractivity contribution >= 4 is 28.0 Å². The Bertz CT molecular complexity index is 2540. The van der Waals surface area contributed by atoms with E-state index in [1.807, 2.05) is 6.20 Å². The van der Waals surface area contributed by atoms with Gasteiger partial charge in [0.15, 0.2) is 18.9 Å². The molecule has 0 atom stereocenters. The number of benzene rings is 5. The number of alkyl halides is 24. The molecule has 0 aliphatic heterocycles. The van der Waals surface area contributed by atoms with E-state index in [4.69, 9.17) is 0 Å². The van der Waals surface area contributed by atoms with Gasteiger partial charge < -0.3 is 0 Å². The summed E-state index contributed by atoms with van der Waals surface area (Å²) in [4.78, 5) is 4.54. The maximum Gasteiger partial charge on any atom is 0.416 e. The quantitative estimate of drug-likeness (QED) is 0.0884. The third-order valence-corrected chi connectivity index (χ3v) is 12.2. The molecule has 1 heterocycles. The average Bonchev–Trinajstić information content (AvgIpc) is 3.83. The van der Waals surface area contributed by atoms with Crippen molar-refractivity contribution in [3.63, 3.8) is 0 Å². The van der Waals surface area contributed by atoms with E-state index in [0.717, 1.165) is 6.54 Å². The van der Waals surface area contributed by atoms with Crippen LogP contribution in [0.15, 0.2) is 122 Å². The van der Waals surface area contributed by atoms with E-state index < -0.39 is 195 Å². The molecular formula is C48H31BF24N2. The summed E-state index contributed by atoms with van der Waals surface area (Å²) < 4.78 is 343.